The molecule has 1 aliphatic rings. The minimum atomic E-state index is 0.0694. The van der Waals surface area contributed by atoms with Gasteiger partial charge in [-0.25, -0.2) is 0 Å². The third kappa shape index (κ3) is 1.71. The van der Waals surface area contributed by atoms with Gasteiger partial charge in [0.1, 0.15) is 0 Å². The van der Waals surface area contributed by atoms with E-state index in [0.29, 0.717) is 5.66 Å². The Morgan fingerprint density at radius 2 is 1.22 bits per heavy atom. The minimum absolute atomic E-state index is 0.0694. The van der Waals surface area contributed by atoms with Crippen LogP contribution in [0.2, 0.25) is 0 Å². The fraction of sp³-hybridized carbons (Fsp3) is 0.294. The Balaban J connectivity index is 2.20. The van der Waals surface area contributed by atoms with Crippen LogP contribution in [0, 0.1) is 0 Å². The Kier molecular flexibility index (Phi) is 3.22. The van der Waals surface area contributed by atoms with E-state index < -0.39 is 0 Å². The fourth-order valence-corrected chi connectivity index (χ4v) is 5.53. The summed E-state index contributed by atoms with van der Waals surface area (Å²) in [5.41, 5.74) is 6.73. The summed E-state index contributed by atoms with van der Waals surface area (Å²) in [6.07, 6.45) is 2.64. The number of benzene rings is 2. The van der Waals surface area contributed by atoms with Crippen LogP contribution in [0.25, 0.3) is 11.1 Å². The van der Waals surface area contributed by atoms with E-state index in [9.17, 15) is 0 Å². The van der Waals surface area contributed by atoms with E-state index in [1.54, 1.807) is 11.1 Å². The molecule has 0 atom stereocenters. The molecule has 1 aliphatic carbocycles. The third-order valence-electron chi connectivity index (χ3n) is 3.98. The second-order valence-electron chi connectivity index (χ2n) is 4.80. The molecule has 0 fully saturated rings. The monoisotopic (exact) mass is 254 g/mol. The molecule has 1 heteroatoms. The van der Waals surface area contributed by atoms with Gasteiger partial charge in [-0.05, 0) is 34.6 Å². The summed E-state index contributed by atoms with van der Waals surface area (Å²) in [5.74, 6) is 0. The van der Waals surface area contributed by atoms with Crippen molar-refractivity contribution < 1.29 is 0 Å². The van der Waals surface area contributed by atoms with Crippen LogP contribution in [0.3, 0.4) is 0 Å². The van der Waals surface area contributed by atoms with Gasteiger partial charge in [-0.2, -0.15) is 0 Å². The average Bonchev–Trinajstić information content (AvgIpc) is 2.76. The first-order chi connectivity index (χ1) is 8.86. The van der Waals surface area contributed by atoms with E-state index in [1.165, 1.54) is 23.5 Å². The fourth-order valence-electron chi connectivity index (χ4n) is 3.11. The first kappa shape index (κ1) is 11.9. The van der Waals surface area contributed by atoms with E-state index in [-0.39, 0.29) is 7.92 Å². The SMILES string of the molecule is CCP(CC)C1c2ccccc2-c2ccccc21. The molecule has 0 amide bonds. The predicted molar refractivity (Wildman–Crippen MR) is 81.7 cm³/mol. The molecule has 0 radical (unpaired) electrons. The maximum atomic E-state index is 2.35. The highest BCUT2D eigenvalue weighted by atomic mass is 31.1. The van der Waals surface area contributed by atoms with Crippen molar-refractivity contribution in [3.8, 4) is 11.1 Å². The Hall–Kier alpha value is -1.13. The lowest BCUT2D eigenvalue weighted by Crippen LogP contribution is -1.98. The van der Waals surface area contributed by atoms with Gasteiger partial charge in [0.15, 0.2) is 0 Å². The molecule has 0 bridgehead atoms. The first-order valence-corrected chi connectivity index (χ1v) is 8.57. The van der Waals surface area contributed by atoms with Crippen molar-refractivity contribution in [1.29, 1.82) is 0 Å². The van der Waals surface area contributed by atoms with E-state index in [2.05, 4.69) is 62.4 Å². The molecule has 3 rings (SSSR count). The molecule has 0 N–H and O–H groups in total. The van der Waals surface area contributed by atoms with Gasteiger partial charge < -0.3 is 0 Å². The lowest BCUT2D eigenvalue weighted by Gasteiger charge is -2.23. The molecule has 0 unspecified atom stereocenters. The lowest BCUT2D eigenvalue weighted by molar-refractivity contribution is 1.16. The molecule has 0 heterocycles. The van der Waals surface area contributed by atoms with Crippen LogP contribution < -0.4 is 0 Å². The van der Waals surface area contributed by atoms with Gasteiger partial charge in [0.05, 0.1) is 0 Å². The molecule has 0 spiro atoms. The van der Waals surface area contributed by atoms with Gasteiger partial charge in [0, 0.05) is 5.66 Å². The van der Waals surface area contributed by atoms with Crippen molar-refractivity contribution in [2.45, 2.75) is 19.5 Å². The topological polar surface area (TPSA) is 0 Å². The highest BCUT2D eigenvalue weighted by Gasteiger charge is 2.31. The van der Waals surface area contributed by atoms with Crippen molar-refractivity contribution in [2.24, 2.45) is 0 Å². The van der Waals surface area contributed by atoms with Crippen LogP contribution in [0.4, 0.5) is 0 Å². The zero-order chi connectivity index (χ0) is 12.5. The minimum Gasteiger partial charge on any atom is -0.0949 e. The summed E-state index contributed by atoms with van der Waals surface area (Å²) < 4.78 is 0. The highest BCUT2D eigenvalue weighted by Crippen LogP contribution is 2.61. The number of hydrogen-bond donors (Lipinski definition) is 0. The van der Waals surface area contributed by atoms with Crippen molar-refractivity contribution in [1.82, 2.24) is 0 Å². The summed E-state index contributed by atoms with van der Waals surface area (Å²) in [7, 11) is 0.0694. The van der Waals surface area contributed by atoms with Crippen LogP contribution in [0.5, 0.6) is 0 Å². The van der Waals surface area contributed by atoms with Crippen LogP contribution in [0.15, 0.2) is 48.5 Å². The van der Waals surface area contributed by atoms with Gasteiger partial charge in [-0.1, -0.05) is 70.3 Å². The van der Waals surface area contributed by atoms with Gasteiger partial charge >= 0.3 is 0 Å². The molecule has 0 saturated heterocycles. The molecular formula is C17H19P. The summed E-state index contributed by atoms with van der Waals surface area (Å²) in [4.78, 5) is 0. The molecule has 2 aromatic carbocycles. The zero-order valence-corrected chi connectivity index (χ0v) is 12.0. The summed E-state index contributed by atoms with van der Waals surface area (Å²) >= 11 is 0. The maximum absolute atomic E-state index is 2.35. The number of rotatable bonds is 3. The second-order valence-corrected chi connectivity index (χ2v) is 7.76. The van der Waals surface area contributed by atoms with E-state index >= 15 is 0 Å². The summed E-state index contributed by atoms with van der Waals surface area (Å²) in [5, 5.41) is 0. The molecule has 92 valence electrons. The van der Waals surface area contributed by atoms with Gasteiger partial charge in [0.25, 0.3) is 0 Å². The van der Waals surface area contributed by atoms with Crippen LogP contribution >= 0.6 is 7.92 Å². The molecule has 0 saturated carbocycles. The summed E-state index contributed by atoms with van der Waals surface area (Å²) in [6, 6.07) is 17.9. The molecule has 2 aromatic rings. The molecule has 0 nitrogen and oxygen atoms in total. The number of fused-ring (bicyclic) bond motifs is 3. The Morgan fingerprint density at radius 1 is 0.778 bits per heavy atom. The zero-order valence-electron chi connectivity index (χ0n) is 11.1. The smallest absolute Gasteiger partial charge is 0.0303 e. The molecule has 0 aromatic heterocycles. The van der Waals surface area contributed by atoms with E-state index in [4.69, 9.17) is 0 Å². The third-order valence-corrected chi connectivity index (χ3v) is 6.89. The number of hydrogen-bond acceptors (Lipinski definition) is 0. The standard InChI is InChI=1S/C17H19P/c1-3-18(4-2)17-15-11-7-5-9-13(15)14-10-6-8-12-16(14)17/h5-12,17H,3-4H2,1-2H3. The second kappa shape index (κ2) is 4.86. The molecular weight excluding hydrogens is 235 g/mol. The predicted octanol–water partition coefficient (Wildman–Crippen LogP) is 5.28. The molecule has 0 aliphatic heterocycles. The summed E-state index contributed by atoms with van der Waals surface area (Å²) in [6.45, 7) is 4.69. The van der Waals surface area contributed by atoms with Gasteiger partial charge in [0.2, 0.25) is 0 Å². The van der Waals surface area contributed by atoms with Crippen molar-refractivity contribution in [2.75, 3.05) is 12.3 Å². The van der Waals surface area contributed by atoms with Crippen molar-refractivity contribution in [3.63, 3.8) is 0 Å². The first-order valence-electron chi connectivity index (χ1n) is 6.79. The van der Waals surface area contributed by atoms with Gasteiger partial charge in [-0.3, -0.25) is 0 Å². The van der Waals surface area contributed by atoms with Crippen LogP contribution in [-0.4, -0.2) is 12.3 Å². The van der Waals surface area contributed by atoms with E-state index in [0.717, 1.165) is 0 Å². The van der Waals surface area contributed by atoms with Crippen molar-refractivity contribution >= 4 is 7.92 Å². The van der Waals surface area contributed by atoms with Crippen LogP contribution in [-0.2, 0) is 0 Å². The van der Waals surface area contributed by atoms with E-state index in [1.807, 2.05) is 0 Å². The highest BCUT2D eigenvalue weighted by molar-refractivity contribution is 7.58. The van der Waals surface area contributed by atoms with Gasteiger partial charge in [-0.15, -0.1) is 0 Å². The lowest BCUT2D eigenvalue weighted by atomic mass is 10.1. The largest absolute Gasteiger partial charge is 0.0949 e. The van der Waals surface area contributed by atoms with Crippen molar-refractivity contribution in [3.05, 3.63) is 59.7 Å². The Bertz CT molecular complexity index is 510. The Morgan fingerprint density at radius 3 is 1.67 bits per heavy atom. The quantitative estimate of drug-likeness (QED) is 0.654. The normalized spacial score (nSPS) is 13.7. The average molecular weight is 254 g/mol. The van der Waals surface area contributed by atoms with Crippen LogP contribution in [0.1, 0.15) is 30.6 Å². The maximum Gasteiger partial charge on any atom is 0.0303 e. The Labute approximate surface area is 111 Å². The molecule has 18 heavy (non-hydrogen) atoms.